The summed E-state index contributed by atoms with van der Waals surface area (Å²) in [4.78, 5) is 16.9. The fourth-order valence-corrected chi connectivity index (χ4v) is 2.70. The maximum absolute atomic E-state index is 11.5. The van der Waals surface area contributed by atoms with Crippen LogP contribution in [0.25, 0.3) is 20.9 Å². The number of nitrogens with zero attached hydrogens (tertiary/aromatic N) is 6. The van der Waals surface area contributed by atoms with Gasteiger partial charge in [-0.15, -0.1) is 0 Å². The highest BCUT2D eigenvalue weighted by atomic mass is 16.8. The number of epoxide rings is 1. The Bertz CT molecular complexity index is 485. The standard InChI is InChI=1S/C12H18N6O3/c13-17-15-7-3-1-5-9-11(19)21-12(9)10(20-12)6-2-4-8-16-18-14/h9-10H,1-8H2/t9-,10-,12+/m1/s1. The number of azide groups is 2. The summed E-state index contributed by atoms with van der Waals surface area (Å²) in [6.45, 7) is 0.938. The minimum atomic E-state index is -0.686. The van der Waals surface area contributed by atoms with Gasteiger partial charge in [0.2, 0.25) is 0 Å². The maximum atomic E-state index is 11.5. The number of rotatable bonds is 10. The van der Waals surface area contributed by atoms with Crippen molar-refractivity contribution >= 4 is 5.97 Å². The topological polar surface area (TPSA) is 136 Å². The van der Waals surface area contributed by atoms with Crippen molar-refractivity contribution in [3.05, 3.63) is 20.9 Å². The molecule has 2 heterocycles. The molecule has 2 fully saturated rings. The molecule has 1 spiro atoms. The molecule has 0 aromatic rings. The summed E-state index contributed by atoms with van der Waals surface area (Å²) in [6, 6.07) is 0. The molecule has 0 radical (unpaired) electrons. The molecule has 2 rings (SSSR count). The Hall–Kier alpha value is -1.95. The highest BCUT2D eigenvalue weighted by molar-refractivity contribution is 5.81. The normalized spacial score (nSPS) is 29.0. The van der Waals surface area contributed by atoms with Gasteiger partial charge in [0.25, 0.3) is 5.79 Å². The second-order valence-corrected chi connectivity index (χ2v) is 5.20. The zero-order valence-electron chi connectivity index (χ0n) is 11.7. The molecule has 0 aliphatic carbocycles. The summed E-state index contributed by atoms with van der Waals surface area (Å²) in [7, 11) is 0. The third-order valence-corrected chi connectivity index (χ3v) is 3.85. The van der Waals surface area contributed by atoms with Gasteiger partial charge >= 0.3 is 5.97 Å². The van der Waals surface area contributed by atoms with Gasteiger partial charge < -0.3 is 9.47 Å². The molecule has 0 saturated carbocycles. The molecular formula is C12H18N6O3. The van der Waals surface area contributed by atoms with E-state index in [1.165, 1.54) is 0 Å². The minimum absolute atomic E-state index is 0.0246. The third kappa shape index (κ3) is 3.58. The largest absolute Gasteiger partial charge is 0.429 e. The van der Waals surface area contributed by atoms with Crippen LogP contribution < -0.4 is 0 Å². The predicted molar refractivity (Wildman–Crippen MR) is 72.9 cm³/mol. The second kappa shape index (κ2) is 7.17. The minimum Gasteiger partial charge on any atom is -0.429 e. The van der Waals surface area contributed by atoms with Crippen LogP contribution in [0.5, 0.6) is 0 Å². The van der Waals surface area contributed by atoms with Crippen molar-refractivity contribution in [2.24, 2.45) is 16.1 Å². The zero-order valence-corrected chi connectivity index (χ0v) is 11.7. The Balaban J connectivity index is 1.65. The van der Waals surface area contributed by atoms with E-state index in [9.17, 15) is 4.79 Å². The molecular weight excluding hydrogens is 276 g/mol. The fraction of sp³-hybridized carbons (Fsp3) is 0.917. The molecule has 0 N–H and O–H groups in total. The first-order chi connectivity index (χ1) is 10.2. The van der Waals surface area contributed by atoms with Crippen molar-refractivity contribution in [2.75, 3.05) is 13.1 Å². The molecule has 0 unspecified atom stereocenters. The number of hydrogen-bond acceptors (Lipinski definition) is 5. The number of unbranched alkanes of at least 4 members (excludes halogenated alkanes) is 2. The van der Waals surface area contributed by atoms with E-state index < -0.39 is 5.79 Å². The van der Waals surface area contributed by atoms with E-state index in [4.69, 9.17) is 20.5 Å². The van der Waals surface area contributed by atoms with Crippen LogP contribution in [0.2, 0.25) is 0 Å². The first kappa shape index (κ1) is 15.4. The summed E-state index contributed by atoms with van der Waals surface area (Å²) in [6.07, 6.45) is 4.76. The maximum Gasteiger partial charge on any atom is 0.318 e. The lowest BCUT2D eigenvalue weighted by Crippen LogP contribution is -2.50. The smallest absolute Gasteiger partial charge is 0.318 e. The van der Waals surface area contributed by atoms with Crippen molar-refractivity contribution in [3.63, 3.8) is 0 Å². The molecule has 3 atom stereocenters. The van der Waals surface area contributed by atoms with Crippen LogP contribution >= 0.6 is 0 Å². The first-order valence-electron chi connectivity index (χ1n) is 7.17. The van der Waals surface area contributed by atoms with Crippen LogP contribution in [0.1, 0.15) is 38.5 Å². The molecule has 9 nitrogen and oxygen atoms in total. The highest BCUT2D eigenvalue weighted by Gasteiger charge is 2.73. The summed E-state index contributed by atoms with van der Waals surface area (Å²) >= 11 is 0. The predicted octanol–water partition coefficient (Wildman–Crippen LogP) is 3.22. The number of ether oxygens (including phenoxy) is 2. The molecule has 2 saturated heterocycles. The highest BCUT2D eigenvalue weighted by Crippen LogP contribution is 2.55. The van der Waals surface area contributed by atoms with Crippen molar-refractivity contribution in [2.45, 2.75) is 50.4 Å². The van der Waals surface area contributed by atoms with Crippen LogP contribution in [0.3, 0.4) is 0 Å². The number of carbonyl (C=O) groups is 1. The molecule has 0 aromatic carbocycles. The Morgan fingerprint density at radius 2 is 1.67 bits per heavy atom. The molecule has 0 amide bonds. The molecule has 0 aromatic heterocycles. The van der Waals surface area contributed by atoms with Gasteiger partial charge in [-0.05, 0) is 36.7 Å². The lowest BCUT2D eigenvalue weighted by atomic mass is 9.87. The lowest BCUT2D eigenvalue weighted by molar-refractivity contribution is -0.211. The van der Waals surface area contributed by atoms with Crippen molar-refractivity contribution in [3.8, 4) is 0 Å². The Morgan fingerprint density at radius 3 is 2.24 bits per heavy atom. The van der Waals surface area contributed by atoms with Crippen LogP contribution in [-0.4, -0.2) is 30.9 Å². The van der Waals surface area contributed by atoms with E-state index in [1.54, 1.807) is 0 Å². The van der Waals surface area contributed by atoms with Gasteiger partial charge in [-0.2, -0.15) is 0 Å². The van der Waals surface area contributed by atoms with Gasteiger partial charge in [0.05, 0.1) is 0 Å². The number of hydrogen-bond donors (Lipinski definition) is 0. The first-order valence-corrected chi connectivity index (χ1v) is 7.17. The lowest BCUT2D eigenvalue weighted by Gasteiger charge is -2.33. The zero-order chi connectivity index (χ0) is 15.1. The van der Waals surface area contributed by atoms with E-state index in [-0.39, 0.29) is 18.0 Å². The average Bonchev–Trinajstić information content (AvgIpc) is 3.18. The second-order valence-electron chi connectivity index (χ2n) is 5.20. The van der Waals surface area contributed by atoms with Gasteiger partial charge in [0, 0.05) is 22.9 Å². The van der Waals surface area contributed by atoms with Crippen LogP contribution in [0, 0.1) is 5.92 Å². The van der Waals surface area contributed by atoms with Crippen LogP contribution in [0.15, 0.2) is 10.2 Å². The summed E-state index contributed by atoms with van der Waals surface area (Å²) in [5.41, 5.74) is 16.3. The monoisotopic (exact) mass is 294 g/mol. The number of esters is 1. The summed E-state index contributed by atoms with van der Waals surface area (Å²) in [5.74, 6) is -1.07. The van der Waals surface area contributed by atoms with Gasteiger partial charge in [-0.3, -0.25) is 4.79 Å². The van der Waals surface area contributed by atoms with Gasteiger partial charge in [0.15, 0.2) is 0 Å². The molecule has 2 aliphatic heterocycles. The number of carbonyl (C=O) groups excluding carboxylic acids is 1. The van der Waals surface area contributed by atoms with E-state index in [1.807, 2.05) is 0 Å². The SMILES string of the molecule is [N-]=[N+]=NCCCC[C@@H]1C(=O)O[C@@]12O[C@@H]2CCCCN=[N+]=[N-]. The van der Waals surface area contributed by atoms with E-state index in [0.717, 1.165) is 32.1 Å². The Kier molecular flexibility index (Phi) is 5.27. The van der Waals surface area contributed by atoms with Gasteiger partial charge in [-0.25, -0.2) is 0 Å². The molecule has 114 valence electrons. The Labute approximate surface area is 121 Å². The quantitative estimate of drug-likeness (QED) is 0.153. The average molecular weight is 294 g/mol. The molecule has 0 bridgehead atoms. The van der Waals surface area contributed by atoms with Crippen LogP contribution in [0.4, 0.5) is 0 Å². The van der Waals surface area contributed by atoms with Gasteiger partial charge in [-0.1, -0.05) is 23.1 Å². The fourth-order valence-electron chi connectivity index (χ4n) is 2.70. The third-order valence-electron chi connectivity index (χ3n) is 3.85. The van der Waals surface area contributed by atoms with E-state index in [0.29, 0.717) is 19.5 Å². The summed E-state index contributed by atoms with van der Waals surface area (Å²) < 4.78 is 10.8. The van der Waals surface area contributed by atoms with E-state index >= 15 is 0 Å². The molecule has 2 aliphatic rings. The summed E-state index contributed by atoms with van der Waals surface area (Å²) in [5, 5.41) is 6.93. The van der Waals surface area contributed by atoms with Crippen LogP contribution in [-0.2, 0) is 14.3 Å². The molecule has 9 heteroatoms. The van der Waals surface area contributed by atoms with Crippen molar-refractivity contribution in [1.29, 1.82) is 0 Å². The van der Waals surface area contributed by atoms with Crippen molar-refractivity contribution < 1.29 is 14.3 Å². The Morgan fingerprint density at radius 1 is 1.05 bits per heavy atom. The van der Waals surface area contributed by atoms with Crippen molar-refractivity contribution in [1.82, 2.24) is 0 Å². The van der Waals surface area contributed by atoms with E-state index in [2.05, 4.69) is 20.1 Å². The van der Waals surface area contributed by atoms with Gasteiger partial charge in [0.1, 0.15) is 12.0 Å². The molecule has 21 heavy (non-hydrogen) atoms.